The lowest BCUT2D eigenvalue weighted by Gasteiger charge is -2.03. The Kier molecular flexibility index (Phi) is 6.67. The van der Waals surface area contributed by atoms with E-state index >= 15 is 0 Å². The van der Waals surface area contributed by atoms with Crippen LogP contribution in [0, 0.1) is 10.1 Å². The lowest BCUT2D eigenvalue weighted by atomic mass is 10.3. The van der Waals surface area contributed by atoms with Gasteiger partial charge in [-0.3, -0.25) is 14.9 Å². The molecule has 0 saturated carbocycles. The zero-order valence-electron chi connectivity index (χ0n) is 10.7. The lowest BCUT2D eigenvalue weighted by molar-refractivity contribution is -0.384. The van der Waals surface area contributed by atoms with E-state index in [2.05, 4.69) is 5.32 Å². The van der Waals surface area contributed by atoms with Crippen LogP contribution in [-0.2, 0) is 4.79 Å². The Morgan fingerprint density at radius 1 is 1.42 bits per heavy atom. The minimum atomic E-state index is -0.442. The molecule has 1 N–H and O–H groups in total. The van der Waals surface area contributed by atoms with Crippen LogP contribution < -0.4 is 5.32 Å². The van der Waals surface area contributed by atoms with Gasteiger partial charge in [-0.05, 0) is 25.5 Å². The summed E-state index contributed by atoms with van der Waals surface area (Å²) in [7, 11) is 0. The molecular weight excluding hydrogens is 264 g/mol. The molecule has 1 aromatic rings. The van der Waals surface area contributed by atoms with Crippen LogP contribution in [0.2, 0.25) is 0 Å². The molecule has 0 atom stereocenters. The molecule has 1 amide bonds. The van der Waals surface area contributed by atoms with Crippen molar-refractivity contribution in [1.82, 2.24) is 5.32 Å². The highest BCUT2D eigenvalue weighted by molar-refractivity contribution is 8.00. The summed E-state index contributed by atoms with van der Waals surface area (Å²) in [4.78, 5) is 22.4. The Bertz CT molecular complexity index is 457. The van der Waals surface area contributed by atoms with E-state index in [1.165, 1.54) is 23.9 Å². The number of carbonyl (C=O) groups excluding carboxylic acids is 1. The van der Waals surface area contributed by atoms with Gasteiger partial charge in [0.25, 0.3) is 5.69 Å². The molecule has 6 heteroatoms. The number of benzene rings is 1. The SMILES string of the molecule is C/C=C/CCNC(=O)CSc1ccc([N+](=O)[O-])cc1. The minimum absolute atomic E-state index is 0.0344. The second-order valence-electron chi connectivity index (χ2n) is 3.75. The molecule has 0 bridgehead atoms. The third-order valence-electron chi connectivity index (χ3n) is 2.29. The number of hydrogen-bond acceptors (Lipinski definition) is 4. The zero-order valence-corrected chi connectivity index (χ0v) is 11.5. The molecule has 19 heavy (non-hydrogen) atoms. The first kappa shape index (κ1) is 15.2. The first-order valence-electron chi connectivity index (χ1n) is 5.88. The van der Waals surface area contributed by atoms with Crippen molar-refractivity contribution >= 4 is 23.4 Å². The summed E-state index contributed by atoms with van der Waals surface area (Å²) in [6.45, 7) is 2.57. The number of nitrogens with one attached hydrogen (secondary N) is 1. The molecule has 0 fully saturated rings. The van der Waals surface area contributed by atoms with Crippen molar-refractivity contribution in [1.29, 1.82) is 0 Å². The van der Waals surface area contributed by atoms with Crippen molar-refractivity contribution in [2.45, 2.75) is 18.2 Å². The summed E-state index contributed by atoms with van der Waals surface area (Å²) in [6, 6.07) is 6.17. The number of nitro benzene ring substituents is 1. The van der Waals surface area contributed by atoms with E-state index in [0.717, 1.165) is 11.3 Å². The fourth-order valence-electron chi connectivity index (χ4n) is 1.33. The molecule has 0 aliphatic heterocycles. The van der Waals surface area contributed by atoms with Crippen LogP contribution in [0.5, 0.6) is 0 Å². The van der Waals surface area contributed by atoms with Crippen molar-refractivity contribution < 1.29 is 9.72 Å². The summed E-state index contributed by atoms with van der Waals surface area (Å²) < 4.78 is 0. The second-order valence-corrected chi connectivity index (χ2v) is 4.80. The van der Waals surface area contributed by atoms with Gasteiger partial charge in [0.2, 0.25) is 5.91 Å². The van der Waals surface area contributed by atoms with Crippen molar-refractivity contribution in [3.05, 3.63) is 46.5 Å². The first-order chi connectivity index (χ1) is 9.13. The molecule has 0 heterocycles. The maximum absolute atomic E-state index is 11.5. The third-order valence-corrected chi connectivity index (χ3v) is 3.30. The summed E-state index contributed by atoms with van der Waals surface area (Å²) in [5.74, 6) is 0.279. The maximum Gasteiger partial charge on any atom is 0.269 e. The van der Waals surface area contributed by atoms with Gasteiger partial charge in [0, 0.05) is 23.6 Å². The van der Waals surface area contributed by atoms with Crippen LogP contribution in [0.3, 0.4) is 0 Å². The lowest BCUT2D eigenvalue weighted by Crippen LogP contribution is -2.25. The number of rotatable bonds is 7. The number of amides is 1. The van der Waals surface area contributed by atoms with E-state index in [9.17, 15) is 14.9 Å². The zero-order chi connectivity index (χ0) is 14.1. The standard InChI is InChI=1S/C13H16N2O3S/c1-2-3-4-9-14-13(16)10-19-12-7-5-11(6-8-12)15(17)18/h2-3,5-8H,4,9-10H2,1H3,(H,14,16)/b3-2+. The molecule has 5 nitrogen and oxygen atoms in total. The van der Waals surface area contributed by atoms with Crippen molar-refractivity contribution in [3.63, 3.8) is 0 Å². The van der Waals surface area contributed by atoms with Gasteiger partial charge in [0.05, 0.1) is 10.7 Å². The van der Waals surface area contributed by atoms with Crippen molar-refractivity contribution in [2.75, 3.05) is 12.3 Å². The minimum Gasteiger partial charge on any atom is -0.355 e. The van der Waals surface area contributed by atoms with Crippen molar-refractivity contribution in [3.8, 4) is 0 Å². The Balaban J connectivity index is 2.31. The number of nitrogens with zero attached hydrogens (tertiary/aromatic N) is 1. The quantitative estimate of drug-likeness (QED) is 0.274. The predicted octanol–water partition coefficient (Wildman–Crippen LogP) is 2.77. The summed E-state index contributed by atoms with van der Waals surface area (Å²) in [6.07, 6.45) is 4.76. The van der Waals surface area contributed by atoms with Crippen LogP contribution in [-0.4, -0.2) is 23.1 Å². The molecule has 0 saturated heterocycles. The fraction of sp³-hybridized carbons (Fsp3) is 0.308. The van der Waals surface area contributed by atoms with Crippen LogP contribution in [0.1, 0.15) is 13.3 Å². The number of hydrogen-bond donors (Lipinski definition) is 1. The molecule has 0 aromatic heterocycles. The Hall–Kier alpha value is -1.82. The predicted molar refractivity (Wildman–Crippen MR) is 76.3 cm³/mol. The van der Waals surface area contributed by atoms with Gasteiger partial charge in [-0.15, -0.1) is 11.8 Å². The molecule has 0 aliphatic carbocycles. The van der Waals surface area contributed by atoms with Gasteiger partial charge in [-0.1, -0.05) is 12.2 Å². The molecule has 0 radical (unpaired) electrons. The molecule has 102 valence electrons. The van der Waals surface area contributed by atoms with Gasteiger partial charge in [0.15, 0.2) is 0 Å². The van der Waals surface area contributed by atoms with Gasteiger partial charge in [0.1, 0.15) is 0 Å². The highest BCUT2D eigenvalue weighted by Crippen LogP contribution is 2.20. The summed E-state index contributed by atoms with van der Waals surface area (Å²) >= 11 is 1.36. The molecule has 0 unspecified atom stereocenters. The average Bonchev–Trinajstić information content (AvgIpc) is 2.42. The second kappa shape index (κ2) is 8.31. The van der Waals surface area contributed by atoms with Gasteiger partial charge in [-0.2, -0.15) is 0 Å². The Morgan fingerprint density at radius 2 is 2.11 bits per heavy atom. The molecule has 1 aromatic carbocycles. The van der Waals surface area contributed by atoms with E-state index in [0.29, 0.717) is 12.3 Å². The smallest absolute Gasteiger partial charge is 0.269 e. The number of allylic oxidation sites excluding steroid dienone is 1. The van der Waals surface area contributed by atoms with E-state index in [1.807, 2.05) is 19.1 Å². The number of nitro groups is 1. The van der Waals surface area contributed by atoms with Crippen LogP contribution >= 0.6 is 11.8 Å². The number of thioether (sulfide) groups is 1. The average molecular weight is 280 g/mol. The van der Waals surface area contributed by atoms with E-state index in [4.69, 9.17) is 0 Å². The number of non-ortho nitro benzene ring substituents is 1. The highest BCUT2D eigenvalue weighted by Gasteiger charge is 2.05. The third kappa shape index (κ3) is 6.05. The topological polar surface area (TPSA) is 72.2 Å². The van der Waals surface area contributed by atoms with Crippen LogP contribution in [0.4, 0.5) is 5.69 Å². The van der Waals surface area contributed by atoms with Crippen molar-refractivity contribution in [2.24, 2.45) is 0 Å². The van der Waals surface area contributed by atoms with Gasteiger partial charge in [-0.25, -0.2) is 0 Å². The normalized spacial score (nSPS) is 10.6. The Labute approximate surface area is 116 Å². The van der Waals surface area contributed by atoms with Gasteiger partial charge < -0.3 is 5.32 Å². The summed E-state index contributed by atoms with van der Waals surface area (Å²) in [5.41, 5.74) is 0.0557. The highest BCUT2D eigenvalue weighted by atomic mass is 32.2. The molecule has 0 aliphatic rings. The first-order valence-corrected chi connectivity index (χ1v) is 6.87. The van der Waals surface area contributed by atoms with E-state index in [1.54, 1.807) is 12.1 Å². The molecular formula is C13H16N2O3S. The van der Waals surface area contributed by atoms with Crippen LogP contribution in [0.15, 0.2) is 41.3 Å². The van der Waals surface area contributed by atoms with E-state index in [-0.39, 0.29) is 11.6 Å². The molecule has 1 rings (SSSR count). The maximum atomic E-state index is 11.5. The largest absolute Gasteiger partial charge is 0.355 e. The number of carbonyl (C=O) groups is 1. The Morgan fingerprint density at radius 3 is 2.68 bits per heavy atom. The fourth-order valence-corrected chi connectivity index (χ4v) is 2.05. The monoisotopic (exact) mass is 280 g/mol. The summed E-state index contributed by atoms with van der Waals surface area (Å²) in [5, 5.41) is 13.3. The van der Waals surface area contributed by atoms with Crippen LogP contribution in [0.25, 0.3) is 0 Å². The molecule has 0 spiro atoms. The van der Waals surface area contributed by atoms with E-state index < -0.39 is 4.92 Å². The van der Waals surface area contributed by atoms with Gasteiger partial charge >= 0.3 is 0 Å².